The molecule has 0 radical (unpaired) electrons. The van der Waals surface area contributed by atoms with Crippen LogP contribution in [0.5, 0.6) is 0 Å². The van der Waals surface area contributed by atoms with Crippen LogP contribution in [-0.2, 0) is 19.6 Å². The van der Waals surface area contributed by atoms with Crippen LogP contribution in [0.1, 0.15) is 20.8 Å². The number of nitrogens with zero attached hydrogens (tertiary/aromatic N) is 1. The molecule has 0 aliphatic rings. The third-order valence-electron chi connectivity index (χ3n) is 2.31. The quantitative estimate of drug-likeness (QED) is 0.413. The highest BCUT2D eigenvalue weighted by Crippen LogP contribution is 2.05. The van der Waals surface area contributed by atoms with Gasteiger partial charge in [0.05, 0.1) is 0 Å². The number of esters is 1. The molecule has 17 heavy (non-hydrogen) atoms. The Morgan fingerprint density at radius 2 is 2.06 bits per heavy atom. The Hall–Kier alpha value is -0.920. The van der Waals surface area contributed by atoms with Gasteiger partial charge in [0, 0.05) is 12.1 Å². The molecule has 1 atom stereocenters. The molecule has 1 N–H and O–H groups in total. The van der Waals surface area contributed by atoms with E-state index in [4.69, 9.17) is 9.29 Å². The van der Waals surface area contributed by atoms with E-state index in [9.17, 15) is 13.2 Å². The Morgan fingerprint density at radius 1 is 1.53 bits per heavy atom. The molecule has 0 aromatic carbocycles. The van der Waals surface area contributed by atoms with Gasteiger partial charge in [-0.05, 0) is 20.4 Å². The second-order valence-corrected chi connectivity index (χ2v) is 5.37. The molecule has 0 bridgehead atoms. The van der Waals surface area contributed by atoms with Gasteiger partial charge in [0.1, 0.15) is 12.0 Å². The van der Waals surface area contributed by atoms with E-state index in [0.29, 0.717) is 6.54 Å². The molecular weight excluding hydrogens is 246 g/mol. The van der Waals surface area contributed by atoms with Gasteiger partial charge in [0.25, 0.3) is 10.1 Å². The zero-order chi connectivity index (χ0) is 13.6. The van der Waals surface area contributed by atoms with Crippen LogP contribution in [0, 0.1) is 0 Å². The number of hydrogen-bond acceptors (Lipinski definition) is 5. The fourth-order valence-corrected chi connectivity index (χ4v) is 1.80. The zero-order valence-electron chi connectivity index (χ0n) is 10.3. The lowest BCUT2D eigenvalue weighted by Gasteiger charge is -2.24. The summed E-state index contributed by atoms with van der Waals surface area (Å²) in [5.41, 5.74) is 0.288. The average Bonchev–Trinajstić information content (AvgIpc) is 2.21. The normalized spacial score (nSPS) is 13.5. The summed E-state index contributed by atoms with van der Waals surface area (Å²) in [7, 11) is -4.11. The average molecular weight is 265 g/mol. The molecule has 1 unspecified atom stereocenters. The molecule has 0 saturated carbocycles. The van der Waals surface area contributed by atoms with Crippen molar-refractivity contribution in [3.63, 3.8) is 0 Å². The number of carbonyl (C=O) groups is 1. The van der Waals surface area contributed by atoms with Gasteiger partial charge in [-0.15, -0.1) is 0 Å². The summed E-state index contributed by atoms with van der Waals surface area (Å²) in [5.74, 6) is -0.513. The minimum atomic E-state index is -4.11. The Labute approximate surface area is 102 Å². The first-order valence-corrected chi connectivity index (χ1v) is 6.73. The van der Waals surface area contributed by atoms with Crippen molar-refractivity contribution in [1.29, 1.82) is 0 Å². The van der Waals surface area contributed by atoms with E-state index in [1.807, 2.05) is 0 Å². The minimum absolute atomic E-state index is 0.0550. The molecule has 0 aromatic heterocycles. The van der Waals surface area contributed by atoms with Crippen molar-refractivity contribution in [3.05, 3.63) is 12.2 Å². The summed E-state index contributed by atoms with van der Waals surface area (Å²) < 4.78 is 35.6. The Kier molecular flexibility index (Phi) is 6.36. The zero-order valence-corrected chi connectivity index (χ0v) is 11.2. The van der Waals surface area contributed by atoms with E-state index in [-0.39, 0.29) is 18.7 Å². The van der Waals surface area contributed by atoms with Gasteiger partial charge in [-0.3, -0.25) is 9.45 Å². The first-order valence-electron chi connectivity index (χ1n) is 5.23. The lowest BCUT2D eigenvalue weighted by molar-refractivity contribution is -0.139. The first-order chi connectivity index (χ1) is 7.70. The van der Waals surface area contributed by atoms with Crippen molar-refractivity contribution in [1.82, 2.24) is 4.90 Å². The molecule has 0 aliphatic carbocycles. The van der Waals surface area contributed by atoms with Crippen molar-refractivity contribution in [3.8, 4) is 0 Å². The van der Waals surface area contributed by atoms with Crippen molar-refractivity contribution < 1.29 is 22.5 Å². The van der Waals surface area contributed by atoms with E-state index in [2.05, 4.69) is 6.58 Å². The van der Waals surface area contributed by atoms with E-state index >= 15 is 0 Å². The van der Waals surface area contributed by atoms with Gasteiger partial charge in [-0.2, -0.15) is 8.42 Å². The summed E-state index contributed by atoms with van der Waals surface area (Å²) in [6.07, 6.45) is 0. The van der Waals surface area contributed by atoms with E-state index in [1.165, 1.54) is 18.7 Å². The predicted molar refractivity (Wildman–Crippen MR) is 64.0 cm³/mol. The Morgan fingerprint density at radius 3 is 2.41 bits per heavy atom. The van der Waals surface area contributed by atoms with E-state index in [0.717, 1.165) is 0 Å². The van der Waals surface area contributed by atoms with Gasteiger partial charge in [-0.25, -0.2) is 4.79 Å². The SMILES string of the molecule is C=C(C)C(=O)OCCN(CC)C(C)S(=O)(=O)O. The van der Waals surface area contributed by atoms with E-state index < -0.39 is 21.5 Å². The van der Waals surface area contributed by atoms with Crippen LogP contribution in [0.4, 0.5) is 0 Å². The highest BCUT2D eigenvalue weighted by atomic mass is 32.2. The van der Waals surface area contributed by atoms with Gasteiger partial charge in [0.15, 0.2) is 0 Å². The van der Waals surface area contributed by atoms with Crippen LogP contribution in [0.25, 0.3) is 0 Å². The van der Waals surface area contributed by atoms with Crippen molar-refractivity contribution in [2.24, 2.45) is 0 Å². The lowest BCUT2D eigenvalue weighted by atomic mass is 10.4. The van der Waals surface area contributed by atoms with E-state index in [1.54, 1.807) is 6.92 Å². The molecule has 0 amide bonds. The van der Waals surface area contributed by atoms with Gasteiger partial charge < -0.3 is 4.74 Å². The van der Waals surface area contributed by atoms with Gasteiger partial charge >= 0.3 is 5.97 Å². The van der Waals surface area contributed by atoms with Crippen LogP contribution < -0.4 is 0 Å². The molecule has 0 aromatic rings. The second-order valence-electron chi connectivity index (χ2n) is 3.66. The fraction of sp³-hybridized carbons (Fsp3) is 0.700. The standard InChI is InChI=1S/C10H19NO5S/c1-5-11(9(4)17(13,14)15)6-7-16-10(12)8(2)3/h9H,2,5-7H2,1,3-4H3,(H,13,14,15). The molecule has 6 nitrogen and oxygen atoms in total. The highest BCUT2D eigenvalue weighted by Gasteiger charge is 2.23. The molecule has 100 valence electrons. The molecule has 0 fully saturated rings. The van der Waals surface area contributed by atoms with Crippen LogP contribution in [0.3, 0.4) is 0 Å². The van der Waals surface area contributed by atoms with Crippen LogP contribution in [0.15, 0.2) is 12.2 Å². The van der Waals surface area contributed by atoms with Gasteiger partial charge in [0.2, 0.25) is 0 Å². The third kappa shape index (κ3) is 5.81. The third-order valence-corrected chi connectivity index (χ3v) is 3.47. The summed E-state index contributed by atoms with van der Waals surface area (Å²) in [6, 6.07) is 0. The number of rotatable bonds is 7. The van der Waals surface area contributed by atoms with Crippen molar-refractivity contribution in [2.45, 2.75) is 26.1 Å². The number of hydrogen-bond donors (Lipinski definition) is 1. The largest absolute Gasteiger partial charge is 0.461 e. The summed E-state index contributed by atoms with van der Waals surface area (Å²) in [4.78, 5) is 12.6. The number of carbonyl (C=O) groups excluding carboxylic acids is 1. The maximum absolute atomic E-state index is 11.1. The molecule has 0 spiro atoms. The molecule has 0 saturated heterocycles. The molecule has 7 heteroatoms. The lowest BCUT2D eigenvalue weighted by Crippen LogP contribution is -2.40. The monoisotopic (exact) mass is 265 g/mol. The second kappa shape index (κ2) is 6.73. The van der Waals surface area contributed by atoms with Crippen LogP contribution in [-0.4, -0.2) is 48.9 Å². The number of ether oxygens (including phenoxy) is 1. The molecule has 0 heterocycles. The topological polar surface area (TPSA) is 83.9 Å². The smallest absolute Gasteiger partial charge is 0.333 e. The molecule has 0 aliphatic heterocycles. The fourth-order valence-electron chi connectivity index (χ4n) is 1.16. The molecule has 0 rings (SSSR count). The maximum atomic E-state index is 11.1. The molecular formula is C10H19NO5S. The van der Waals surface area contributed by atoms with Crippen LogP contribution >= 0.6 is 0 Å². The predicted octanol–water partition coefficient (Wildman–Crippen LogP) is 0.661. The summed E-state index contributed by atoms with van der Waals surface area (Å²) in [5, 5.41) is -1.02. The summed E-state index contributed by atoms with van der Waals surface area (Å²) in [6.45, 7) is 8.79. The maximum Gasteiger partial charge on any atom is 0.333 e. The Balaban J connectivity index is 4.26. The van der Waals surface area contributed by atoms with Crippen LogP contribution in [0.2, 0.25) is 0 Å². The Bertz CT molecular complexity index is 376. The summed E-state index contributed by atoms with van der Waals surface area (Å²) >= 11 is 0. The van der Waals surface area contributed by atoms with Crippen molar-refractivity contribution >= 4 is 16.1 Å². The van der Waals surface area contributed by atoms with Gasteiger partial charge in [-0.1, -0.05) is 13.5 Å². The first kappa shape index (κ1) is 16.1. The highest BCUT2D eigenvalue weighted by molar-refractivity contribution is 7.86. The minimum Gasteiger partial charge on any atom is -0.461 e. The van der Waals surface area contributed by atoms with Crippen molar-refractivity contribution in [2.75, 3.05) is 19.7 Å². The number of likely N-dealkylation sites (N-methyl/N-ethyl adjacent to an activating group) is 1.